The van der Waals surface area contributed by atoms with Gasteiger partial charge in [-0.25, -0.2) is 9.97 Å². The second-order valence-electron chi connectivity index (χ2n) is 9.51. The zero-order chi connectivity index (χ0) is 24.4. The standard InChI is InChI=1S/C29H44N5/c1-6-12-24(17-20-34(7-2,8-3)9-4)25-15-10-13-23(14-11-16-25)21-26-22-27-28(29(30-5)33-26)32-19-18-31-27/h10,14-16,18-19,22,24H,6-9,11-13,17,20-21H2,1-5H3,(H,30,33)/q+1/b15-10?,23-14+,25-16?. The third-order valence-corrected chi connectivity index (χ3v) is 7.68. The highest BCUT2D eigenvalue weighted by atomic mass is 15.3. The minimum absolute atomic E-state index is 0.664. The first kappa shape index (κ1) is 26.1. The Bertz CT molecular complexity index is 1010. The summed E-state index contributed by atoms with van der Waals surface area (Å²) in [7, 11) is 1.89. The molecule has 0 fully saturated rings. The van der Waals surface area contributed by atoms with E-state index in [2.05, 4.69) is 73.4 Å². The summed E-state index contributed by atoms with van der Waals surface area (Å²) in [4.78, 5) is 13.7. The molecule has 2 aromatic heterocycles. The first-order valence-electron chi connectivity index (χ1n) is 13.3. The third kappa shape index (κ3) is 6.53. The Balaban J connectivity index is 1.72. The zero-order valence-corrected chi connectivity index (χ0v) is 22.0. The van der Waals surface area contributed by atoms with Crippen molar-refractivity contribution in [3.63, 3.8) is 0 Å². The van der Waals surface area contributed by atoms with Crippen LogP contribution in [-0.4, -0.2) is 52.7 Å². The fourth-order valence-electron chi connectivity index (χ4n) is 5.23. The molecule has 2 heterocycles. The third-order valence-electron chi connectivity index (χ3n) is 7.68. The molecule has 0 spiro atoms. The highest BCUT2D eigenvalue weighted by Gasteiger charge is 2.23. The first-order chi connectivity index (χ1) is 16.6. The number of allylic oxidation sites excluding steroid dienone is 6. The monoisotopic (exact) mass is 462 g/mol. The van der Waals surface area contributed by atoms with E-state index in [0.29, 0.717) is 5.92 Å². The highest BCUT2D eigenvalue weighted by molar-refractivity contribution is 5.85. The summed E-state index contributed by atoms with van der Waals surface area (Å²) in [5, 5.41) is 3.18. The Morgan fingerprint density at radius 3 is 2.47 bits per heavy atom. The van der Waals surface area contributed by atoms with Gasteiger partial charge < -0.3 is 9.80 Å². The first-order valence-corrected chi connectivity index (χ1v) is 13.3. The molecule has 34 heavy (non-hydrogen) atoms. The normalized spacial score (nSPS) is 17.0. The quantitative estimate of drug-likeness (QED) is 0.289. The van der Waals surface area contributed by atoms with E-state index in [4.69, 9.17) is 4.98 Å². The van der Waals surface area contributed by atoms with Crippen molar-refractivity contribution in [3.8, 4) is 0 Å². The Morgan fingerprint density at radius 1 is 1.00 bits per heavy atom. The molecule has 0 radical (unpaired) electrons. The van der Waals surface area contributed by atoms with Crippen LogP contribution in [0.2, 0.25) is 0 Å². The summed E-state index contributed by atoms with van der Waals surface area (Å²) in [6, 6.07) is 2.07. The second kappa shape index (κ2) is 12.8. The number of fused-ring (bicyclic) bond motifs is 1. The average Bonchev–Trinajstić information content (AvgIpc) is 2.85. The van der Waals surface area contributed by atoms with E-state index in [1.807, 2.05) is 7.05 Å². The molecule has 0 aliphatic heterocycles. The van der Waals surface area contributed by atoms with E-state index in [1.165, 1.54) is 61.1 Å². The molecule has 0 saturated carbocycles. The summed E-state index contributed by atoms with van der Waals surface area (Å²) < 4.78 is 1.24. The van der Waals surface area contributed by atoms with Gasteiger partial charge in [0.05, 0.1) is 31.7 Å². The minimum Gasteiger partial charge on any atom is -0.371 e. The molecule has 1 unspecified atom stereocenters. The van der Waals surface area contributed by atoms with Crippen LogP contribution in [0.1, 0.15) is 65.5 Å². The number of nitrogens with zero attached hydrogens (tertiary/aromatic N) is 4. The Labute approximate surface area is 206 Å². The van der Waals surface area contributed by atoms with Crippen LogP contribution < -0.4 is 5.32 Å². The van der Waals surface area contributed by atoms with E-state index in [9.17, 15) is 0 Å². The summed E-state index contributed by atoms with van der Waals surface area (Å²) in [6.45, 7) is 14.3. The van der Waals surface area contributed by atoms with Crippen LogP contribution >= 0.6 is 0 Å². The maximum Gasteiger partial charge on any atom is 0.154 e. The smallest absolute Gasteiger partial charge is 0.154 e. The molecule has 0 amide bonds. The molecule has 1 atom stereocenters. The number of hydrogen-bond acceptors (Lipinski definition) is 4. The van der Waals surface area contributed by atoms with Crippen LogP contribution in [0.25, 0.3) is 11.0 Å². The summed E-state index contributed by atoms with van der Waals surface area (Å²) >= 11 is 0. The molecule has 5 heteroatoms. The number of anilines is 1. The van der Waals surface area contributed by atoms with Gasteiger partial charge in [-0.1, -0.05) is 43.2 Å². The second-order valence-corrected chi connectivity index (χ2v) is 9.51. The lowest BCUT2D eigenvalue weighted by atomic mass is 9.88. The molecule has 1 aliphatic carbocycles. The van der Waals surface area contributed by atoms with Crippen molar-refractivity contribution in [1.29, 1.82) is 0 Å². The number of quaternary nitrogens is 1. The minimum atomic E-state index is 0.664. The van der Waals surface area contributed by atoms with Crippen LogP contribution in [0.3, 0.4) is 0 Å². The van der Waals surface area contributed by atoms with Crippen molar-refractivity contribution in [1.82, 2.24) is 15.0 Å². The number of hydrogen-bond donors (Lipinski definition) is 1. The molecular weight excluding hydrogens is 418 g/mol. The average molecular weight is 463 g/mol. The van der Waals surface area contributed by atoms with E-state index >= 15 is 0 Å². The predicted molar refractivity (Wildman–Crippen MR) is 145 cm³/mol. The van der Waals surface area contributed by atoms with Crippen molar-refractivity contribution in [3.05, 3.63) is 59.6 Å². The molecule has 184 valence electrons. The molecule has 1 N–H and O–H groups in total. The molecule has 3 rings (SSSR count). The highest BCUT2D eigenvalue weighted by Crippen LogP contribution is 2.28. The SMILES string of the molecule is CCCC(CC[N+](CC)(CC)CC)C1=CC/C=C(/Cc2cc3nccnc3c(NC)n2)CC=C1. The van der Waals surface area contributed by atoms with Gasteiger partial charge in [-0.05, 0) is 57.6 Å². The van der Waals surface area contributed by atoms with Crippen LogP contribution in [0.5, 0.6) is 0 Å². The number of aromatic nitrogens is 3. The lowest BCUT2D eigenvalue weighted by Gasteiger charge is -2.37. The maximum absolute atomic E-state index is 4.81. The van der Waals surface area contributed by atoms with Gasteiger partial charge in [0.25, 0.3) is 0 Å². The van der Waals surface area contributed by atoms with Gasteiger partial charge >= 0.3 is 0 Å². The Morgan fingerprint density at radius 2 is 1.76 bits per heavy atom. The maximum atomic E-state index is 4.81. The lowest BCUT2D eigenvalue weighted by molar-refractivity contribution is -0.923. The zero-order valence-electron chi connectivity index (χ0n) is 22.0. The number of rotatable bonds is 12. The van der Waals surface area contributed by atoms with Crippen molar-refractivity contribution in [2.24, 2.45) is 5.92 Å². The topological polar surface area (TPSA) is 50.7 Å². The number of pyridine rings is 1. The van der Waals surface area contributed by atoms with Gasteiger partial charge in [0.2, 0.25) is 0 Å². The fraction of sp³-hybridized carbons (Fsp3) is 0.552. The van der Waals surface area contributed by atoms with Gasteiger partial charge in [-0.3, -0.25) is 4.98 Å². The van der Waals surface area contributed by atoms with Gasteiger partial charge in [0.15, 0.2) is 5.82 Å². The van der Waals surface area contributed by atoms with Crippen LogP contribution in [-0.2, 0) is 6.42 Å². The van der Waals surface area contributed by atoms with E-state index in [-0.39, 0.29) is 0 Å². The lowest BCUT2D eigenvalue weighted by Crippen LogP contribution is -2.48. The Kier molecular flexibility index (Phi) is 9.82. The summed E-state index contributed by atoms with van der Waals surface area (Å²) in [5.74, 6) is 1.46. The molecule has 5 nitrogen and oxygen atoms in total. The fourth-order valence-corrected chi connectivity index (χ4v) is 5.23. The van der Waals surface area contributed by atoms with Gasteiger partial charge in [0.1, 0.15) is 5.52 Å². The van der Waals surface area contributed by atoms with Crippen molar-refractivity contribution < 1.29 is 4.48 Å². The molecule has 2 aromatic rings. The predicted octanol–water partition coefficient (Wildman–Crippen LogP) is 6.49. The van der Waals surface area contributed by atoms with Crippen LogP contribution in [0.15, 0.2) is 53.9 Å². The molecule has 0 saturated heterocycles. The summed E-state index contributed by atoms with van der Waals surface area (Å²) in [6.07, 6.45) is 19.7. The molecule has 0 bridgehead atoms. The van der Waals surface area contributed by atoms with E-state index in [1.54, 1.807) is 12.4 Å². The molecular formula is C29H44N5+. The molecule has 1 aliphatic rings. The van der Waals surface area contributed by atoms with Gasteiger partial charge in [-0.2, -0.15) is 0 Å². The van der Waals surface area contributed by atoms with Gasteiger partial charge in [-0.15, -0.1) is 0 Å². The van der Waals surface area contributed by atoms with E-state index in [0.717, 1.165) is 41.8 Å². The Hall–Kier alpha value is -2.53. The van der Waals surface area contributed by atoms with Crippen molar-refractivity contribution in [2.45, 2.75) is 66.2 Å². The summed E-state index contributed by atoms with van der Waals surface area (Å²) in [5.41, 5.74) is 5.71. The van der Waals surface area contributed by atoms with Crippen LogP contribution in [0, 0.1) is 5.92 Å². The molecule has 0 aromatic carbocycles. The van der Waals surface area contributed by atoms with Crippen LogP contribution in [0.4, 0.5) is 5.82 Å². The van der Waals surface area contributed by atoms with Crippen molar-refractivity contribution >= 4 is 16.9 Å². The van der Waals surface area contributed by atoms with E-state index < -0.39 is 0 Å². The van der Waals surface area contributed by atoms with Gasteiger partial charge in [0, 0.05) is 38.0 Å². The van der Waals surface area contributed by atoms with Crippen molar-refractivity contribution in [2.75, 3.05) is 38.5 Å². The number of nitrogens with one attached hydrogen (secondary N) is 1. The largest absolute Gasteiger partial charge is 0.371 e.